The normalized spacial score (nSPS) is 15.2. The van der Waals surface area contributed by atoms with Crippen molar-refractivity contribution in [2.45, 2.75) is 38.3 Å². The van der Waals surface area contributed by atoms with Crippen LogP contribution in [0.3, 0.4) is 0 Å². The monoisotopic (exact) mass is 493 g/mol. The maximum Gasteiger partial charge on any atom is 0.253 e. The molecule has 0 spiro atoms. The summed E-state index contributed by atoms with van der Waals surface area (Å²) < 4.78 is 13.5. The van der Waals surface area contributed by atoms with Gasteiger partial charge in [0.15, 0.2) is 0 Å². The number of benzene rings is 2. The van der Waals surface area contributed by atoms with Crippen LogP contribution in [0.25, 0.3) is 0 Å². The number of hydrogen-bond acceptors (Lipinski definition) is 4. The molecule has 0 radical (unpaired) electrons. The molecule has 0 aliphatic carbocycles. The van der Waals surface area contributed by atoms with Crippen molar-refractivity contribution in [2.75, 3.05) is 26.2 Å². The molecule has 5 nitrogen and oxygen atoms in total. The molecule has 35 heavy (non-hydrogen) atoms. The number of thiophene rings is 1. The van der Waals surface area contributed by atoms with Gasteiger partial charge in [-0.3, -0.25) is 14.5 Å². The number of likely N-dealkylation sites (tertiary alicyclic amines) is 1. The van der Waals surface area contributed by atoms with Gasteiger partial charge in [0, 0.05) is 29.6 Å². The molecule has 2 heterocycles. The molecule has 0 saturated carbocycles. The number of amides is 2. The second-order valence-electron chi connectivity index (χ2n) is 8.93. The van der Waals surface area contributed by atoms with E-state index in [2.05, 4.69) is 17.1 Å². The van der Waals surface area contributed by atoms with Crippen LogP contribution in [-0.2, 0) is 4.79 Å². The summed E-state index contributed by atoms with van der Waals surface area (Å²) >= 11 is 1.57. The lowest BCUT2D eigenvalue weighted by Gasteiger charge is -2.38. The van der Waals surface area contributed by atoms with Gasteiger partial charge >= 0.3 is 0 Å². The molecule has 1 aliphatic rings. The summed E-state index contributed by atoms with van der Waals surface area (Å²) in [4.78, 5) is 31.2. The second-order valence-corrected chi connectivity index (χ2v) is 9.91. The third-order valence-corrected chi connectivity index (χ3v) is 7.42. The molecule has 1 aromatic heterocycles. The highest BCUT2D eigenvalue weighted by Crippen LogP contribution is 2.26. The van der Waals surface area contributed by atoms with Crippen molar-refractivity contribution in [1.82, 2.24) is 15.1 Å². The number of rotatable bonds is 9. The van der Waals surface area contributed by atoms with E-state index in [-0.39, 0.29) is 29.7 Å². The molecule has 184 valence electrons. The van der Waals surface area contributed by atoms with Crippen LogP contribution in [0.2, 0.25) is 0 Å². The fourth-order valence-electron chi connectivity index (χ4n) is 4.70. The van der Waals surface area contributed by atoms with E-state index in [1.165, 1.54) is 12.1 Å². The quantitative estimate of drug-likeness (QED) is 0.451. The van der Waals surface area contributed by atoms with Crippen molar-refractivity contribution in [3.63, 3.8) is 0 Å². The Hall–Kier alpha value is -3.03. The second kappa shape index (κ2) is 12.1. The highest BCUT2D eigenvalue weighted by molar-refractivity contribution is 7.10. The van der Waals surface area contributed by atoms with Gasteiger partial charge in [-0.25, -0.2) is 4.39 Å². The highest BCUT2D eigenvalue weighted by atomic mass is 32.1. The third-order valence-electron chi connectivity index (χ3n) is 6.48. The first kappa shape index (κ1) is 25.1. The van der Waals surface area contributed by atoms with Crippen LogP contribution in [0.4, 0.5) is 4.39 Å². The minimum Gasteiger partial charge on any atom is -0.343 e. The van der Waals surface area contributed by atoms with E-state index in [4.69, 9.17) is 0 Å². The van der Waals surface area contributed by atoms with Gasteiger partial charge in [-0.05, 0) is 67.1 Å². The number of hydrogen-bond donors (Lipinski definition) is 1. The van der Waals surface area contributed by atoms with Gasteiger partial charge in [0.05, 0.1) is 12.6 Å². The van der Waals surface area contributed by atoms with Crippen molar-refractivity contribution in [1.29, 1.82) is 0 Å². The Bertz CT molecular complexity index is 1080. The van der Waals surface area contributed by atoms with E-state index in [0.29, 0.717) is 19.6 Å². The molecular formula is C28H32FN3O2S. The van der Waals surface area contributed by atoms with Gasteiger partial charge in [-0.1, -0.05) is 43.3 Å². The third kappa shape index (κ3) is 6.55. The Kier molecular flexibility index (Phi) is 8.66. The van der Waals surface area contributed by atoms with Crippen LogP contribution in [0, 0.1) is 5.82 Å². The minimum atomic E-state index is -0.308. The number of carbonyl (C=O) groups excluding carboxylic acids is 2. The number of nitrogens with one attached hydrogen (secondary N) is 1. The van der Waals surface area contributed by atoms with E-state index >= 15 is 0 Å². The predicted octanol–water partition coefficient (Wildman–Crippen LogP) is 5.11. The van der Waals surface area contributed by atoms with Crippen molar-refractivity contribution in [3.05, 3.63) is 93.9 Å². The molecule has 2 amide bonds. The minimum absolute atomic E-state index is 0.0519. The van der Waals surface area contributed by atoms with Crippen LogP contribution >= 0.6 is 11.3 Å². The Morgan fingerprint density at radius 3 is 2.40 bits per heavy atom. The highest BCUT2D eigenvalue weighted by Gasteiger charge is 2.29. The summed E-state index contributed by atoms with van der Waals surface area (Å²) in [5.74, 6) is -0.276. The van der Waals surface area contributed by atoms with Crippen LogP contribution in [-0.4, -0.2) is 53.8 Å². The molecule has 1 aliphatic heterocycles. The van der Waals surface area contributed by atoms with Gasteiger partial charge in [-0.15, -0.1) is 11.3 Å². The molecule has 1 unspecified atom stereocenters. The fraction of sp³-hybridized carbons (Fsp3) is 0.357. The smallest absolute Gasteiger partial charge is 0.253 e. The van der Waals surface area contributed by atoms with Crippen LogP contribution in [0.5, 0.6) is 0 Å². The summed E-state index contributed by atoms with van der Waals surface area (Å²) in [7, 11) is 0. The lowest BCUT2D eigenvalue weighted by atomic mass is 10.0. The first-order chi connectivity index (χ1) is 17.0. The predicted molar refractivity (Wildman–Crippen MR) is 138 cm³/mol. The van der Waals surface area contributed by atoms with Gasteiger partial charge in [-0.2, -0.15) is 0 Å². The van der Waals surface area contributed by atoms with Crippen molar-refractivity contribution < 1.29 is 14.0 Å². The maximum absolute atomic E-state index is 13.5. The molecule has 1 saturated heterocycles. The zero-order valence-electron chi connectivity index (χ0n) is 20.0. The van der Waals surface area contributed by atoms with Gasteiger partial charge in [0.1, 0.15) is 5.82 Å². The van der Waals surface area contributed by atoms with Gasteiger partial charge in [0.2, 0.25) is 5.91 Å². The van der Waals surface area contributed by atoms with Crippen LogP contribution < -0.4 is 5.32 Å². The summed E-state index contributed by atoms with van der Waals surface area (Å²) in [5.41, 5.74) is 1.58. The summed E-state index contributed by atoms with van der Waals surface area (Å²) in [6.07, 6.45) is 2.64. The SMILES string of the molecule is CCCN(CC(=O)NC(c1ccc(F)cc1)c1cccs1)C1CCN(C(=O)c2ccccc2)CC1. The molecule has 1 atom stereocenters. The number of halogens is 1. The molecule has 2 aromatic carbocycles. The lowest BCUT2D eigenvalue weighted by molar-refractivity contribution is -0.123. The molecule has 3 aromatic rings. The van der Waals surface area contributed by atoms with E-state index in [9.17, 15) is 14.0 Å². The van der Waals surface area contributed by atoms with E-state index in [1.807, 2.05) is 52.7 Å². The Morgan fingerprint density at radius 2 is 1.77 bits per heavy atom. The average molecular weight is 494 g/mol. The lowest BCUT2D eigenvalue weighted by Crippen LogP contribution is -2.50. The molecule has 1 fully saturated rings. The molecule has 0 bridgehead atoms. The Labute approximate surface area is 210 Å². The van der Waals surface area contributed by atoms with Gasteiger partial charge < -0.3 is 10.2 Å². The number of piperidine rings is 1. The Morgan fingerprint density at radius 1 is 1.06 bits per heavy atom. The first-order valence-corrected chi connectivity index (χ1v) is 13.1. The number of nitrogens with zero attached hydrogens (tertiary/aromatic N) is 2. The topological polar surface area (TPSA) is 52.7 Å². The summed E-state index contributed by atoms with van der Waals surface area (Å²) in [6, 6.07) is 19.6. The van der Waals surface area contributed by atoms with Crippen molar-refractivity contribution in [3.8, 4) is 0 Å². The number of carbonyl (C=O) groups is 2. The molecular weight excluding hydrogens is 461 g/mol. The van der Waals surface area contributed by atoms with Crippen molar-refractivity contribution >= 4 is 23.2 Å². The van der Waals surface area contributed by atoms with E-state index < -0.39 is 0 Å². The largest absolute Gasteiger partial charge is 0.343 e. The maximum atomic E-state index is 13.5. The van der Waals surface area contributed by atoms with E-state index in [1.54, 1.807) is 23.5 Å². The van der Waals surface area contributed by atoms with E-state index in [0.717, 1.165) is 41.8 Å². The van der Waals surface area contributed by atoms with Crippen LogP contribution in [0.15, 0.2) is 72.1 Å². The first-order valence-electron chi connectivity index (χ1n) is 12.2. The standard InChI is InChI=1S/C28H32FN3O2S/c1-2-16-32(24-14-17-31(18-15-24)28(34)22-7-4-3-5-8-22)20-26(33)30-27(25-9-6-19-35-25)21-10-12-23(29)13-11-21/h3-13,19,24,27H,2,14-18,20H2,1H3,(H,30,33). The van der Waals surface area contributed by atoms with Crippen LogP contribution in [0.1, 0.15) is 53.0 Å². The molecule has 1 N–H and O–H groups in total. The van der Waals surface area contributed by atoms with Crippen molar-refractivity contribution in [2.24, 2.45) is 0 Å². The Balaban J connectivity index is 1.38. The zero-order chi connectivity index (χ0) is 24.6. The fourth-order valence-corrected chi connectivity index (χ4v) is 5.50. The summed E-state index contributed by atoms with van der Waals surface area (Å²) in [6.45, 7) is 4.62. The summed E-state index contributed by atoms with van der Waals surface area (Å²) in [5, 5.41) is 5.15. The molecule has 4 rings (SSSR count). The van der Waals surface area contributed by atoms with Gasteiger partial charge in [0.25, 0.3) is 5.91 Å². The molecule has 7 heteroatoms. The zero-order valence-corrected chi connectivity index (χ0v) is 20.8. The average Bonchev–Trinajstić information content (AvgIpc) is 3.43.